The molecule has 0 aromatic heterocycles. The van der Waals surface area contributed by atoms with E-state index in [9.17, 15) is 22.8 Å². The van der Waals surface area contributed by atoms with Crippen LogP contribution in [0.2, 0.25) is 0 Å². The summed E-state index contributed by atoms with van der Waals surface area (Å²) in [7, 11) is 0. The van der Waals surface area contributed by atoms with Crippen molar-refractivity contribution < 1.29 is 22.8 Å². The zero-order chi connectivity index (χ0) is 14.0. The Morgan fingerprint density at radius 1 is 1.44 bits per heavy atom. The summed E-state index contributed by atoms with van der Waals surface area (Å²) in [4.78, 5) is 23.0. The molecule has 0 bridgehead atoms. The van der Waals surface area contributed by atoms with Gasteiger partial charge in [-0.3, -0.25) is 9.59 Å². The maximum Gasteiger partial charge on any atom is 0.415 e. The molecule has 0 radical (unpaired) electrons. The molecule has 1 aliphatic rings. The number of nitrogens with one attached hydrogen (secondary N) is 2. The molecule has 2 unspecified atom stereocenters. The molecule has 8 heteroatoms. The number of carbonyl (C=O) groups excluding carboxylic acids is 2. The van der Waals surface area contributed by atoms with Gasteiger partial charge >= 0.3 is 6.18 Å². The lowest BCUT2D eigenvalue weighted by atomic mass is 10.0. The van der Waals surface area contributed by atoms with Crippen LogP contribution in [0.4, 0.5) is 13.2 Å². The van der Waals surface area contributed by atoms with Crippen molar-refractivity contribution in [3.05, 3.63) is 0 Å². The Bertz CT molecular complexity index is 342. The molecule has 5 nitrogen and oxygen atoms in total. The maximum atomic E-state index is 12.5. The van der Waals surface area contributed by atoms with Crippen LogP contribution in [0.25, 0.3) is 0 Å². The van der Waals surface area contributed by atoms with Gasteiger partial charge in [-0.2, -0.15) is 13.2 Å². The van der Waals surface area contributed by atoms with Gasteiger partial charge in [-0.05, 0) is 26.2 Å². The quantitative estimate of drug-likeness (QED) is 0.661. The first kappa shape index (κ1) is 14.7. The lowest BCUT2D eigenvalue weighted by Gasteiger charge is -2.28. The smallest absolute Gasteiger partial charge is 0.354 e. The molecule has 4 N–H and O–H groups in total. The average Bonchev–Trinajstić information content (AvgIpc) is 2.42. The van der Waals surface area contributed by atoms with Gasteiger partial charge in [0.25, 0.3) is 0 Å². The van der Waals surface area contributed by atoms with E-state index in [1.807, 2.05) is 0 Å². The van der Waals surface area contributed by atoms with E-state index < -0.39 is 29.6 Å². The Morgan fingerprint density at radius 3 is 2.61 bits per heavy atom. The van der Waals surface area contributed by atoms with E-state index in [1.54, 1.807) is 0 Å². The van der Waals surface area contributed by atoms with Crippen LogP contribution in [0, 0.1) is 0 Å². The molecule has 1 rings (SSSR count). The molecular weight excluding hydrogens is 251 g/mol. The van der Waals surface area contributed by atoms with E-state index in [4.69, 9.17) is 5.73 Å². The molecule has 1 fully saturated rings. The third-order valence-electron chi connectivity index (χ3n) is 2.90. The van der Waals surface area contributed by atoms with Crippen molar-refractivity contribution in [2.45, 2.75) is 43.9 Å². The molecule has 0 spiro atoms. The van der Waals surface area contributed by atoms with E-state index >= 15 is 0 Å². The number of carbonyl (C=O) groups is 2. The average molecular weight is 267 g/mol. The van der Waals surface area contributed by atoms with Crippen LogP contribution in [0.15, 0.2) is 0 Å². The van der Waals surface area contributed by atoms with Crippen LogP contribution in [-0.2, 0) is 9.59 Å². The minimum Gasteiger partial charge on any atom is -0.354 e. The van der Waals surface area contributed by atoms with Gasteiger partial charge < -0.3 is 16.4 Å². The van der Waals surface area contributed by atoms with Crippen molar-refractivity contribution in [1.82, 2.24) is 10.6 Å². The van der Waals surface area contributed by atoms with Crippen LogP contribution in [0.1, 0.15) is 26.2 Å². The fourth-order valence-electron chi connectivity index (χ4n) is 1.51. The number of rotatable bonds is 2. The largest absolute Gasteiger partial charge is 0.415 e. The lowest BCUT2D eigenvalue weighted by molar-refractivity contribution is -0.188. The fourth-order valence-corrected chi connectivity index (χ4v) is 1.51. The summed E-state index contributed by atoms with van der Waals surface area (Å²) in [5.41, 5.74) is 1.97. The van der Waals surface area contributed by atoms with Gasteiger partial charge in [0.05, 0.1) is 0 Å². The van der Waals surface area contributed by atoms with Crippen molar-refractivity contribution in [3.8, 4) is 0 Å². The molecule has 0 aliphatic carbocycles. The summed E-state index contributed by atoms with van der Waals surface area (Å²) in [5, 5.41) is 4.57. The molecule has 2 amide bonds. The van der Waals surface area contributed by atoms with E-state index in [2.05, 4.69) is 10.6 Å². The van der Waals surface area contributed by atoms with Crippen molar-refractivity contribution in [2.24, 2.45) is 5.73 Å². The van der Waals surface area contributed by atoms with Gasteiger partial charge in [0.1, 0.15) is 6.04 Å². The SMILES string of the molecule is CC(N)(C(=O)NC1CCCCNC1=O)C(F)(F)F. The van der Waals surface area contributed by atoms with Gasteiger partial charge in [-0.25, -0.2) is 0 Å². The summed E-state index contributed by atoms with van der Waals surface area (Å²) < 4.78 is 37.6. The highest BCUT2D eigenvalue weighted by Gasteiger charge is 2.54. The molecule has 1 saturated heterocycles. The Morgan fingerprint density at radius 2 is 2.06 bits per heavy atom. The van der Waals surface area contributed by atoms with Gasteiger partial charge in [0, 0.05) is 6.54 Å². The Labute approximate surface area is 102 Å². The van der Waals surface area contributed by atoms with Crippen LogP contribution >= 0.6 is 0 Å². The van der Waals surface area contributed by atoms with E-state index in [1.165, 1.54) is 0 Å². The summed E-state index contributed by atoms with van der Waals surface area (Å²) in [6.07, 6.45) is -3.17. The summed E-state index contributed by atoms with van der Waals surface area (Å²) >= 11 is 0. The van der Waals surface area contributed by atoms with Gasteiger partial charge in [-0.1, -0.05) is 0 Å². The van der Waals surface area contributed by atoms with Crippen LogP contribution < -0.4 is 16.4 Å². The normalized spacial score (nSPS) is 24.7. The Balaban J connectivity index is 2.72. The third-order valence-corrected chi connectivity index (χ3v) is 2.90. The second-order valence-corrected chi connectivity index (χ2v) is 4.51. The molecular formula is C10H16F3N3O2. The number of hydrogen-bond acceptors (Lipinski definition) is 3. The first-order valence-corrected chi connectivity index (χ1v) is 5.60. The third kappa shape index (κ3) is 3.12. The summed E-state index contributed by atoms with van der Waals surface area (Å²) in [5.74, 6) is -1.86. The fraction of sp³-hybridized carbons (Fsp3) is 0.800. The van der Waals surface area contributed by atoms with Crippen molar-refractivity contribution >= 4 is 11.8 Å². The highest BCUT2D eigenvalue weighted by Crippen LogP contribution is 2.28. The predicted octanol–water partition coefficient (Wildman–Crippen LogP) is 0.0510. The predicted molar refractivity (Wildman–Crippen MR) is 57.4 cm³/mol. The van der Waals surface area contributed by atoms with Crippen molar-refractivity contribution in [2.75, 3.05) is 6.54 Å². The van der Waals surface area contributed by atoms with Gasteiger partial charge in [0.2, 0.25) is 11.8 Å². The van der Waals surface area contributed by atoms with Gasteiger partial charge in [0.15, 0.2) is 5.54 Å². The lowest BCUT2D eigenvalue weighted by Crippen LogP contribution is -2.63. The molecule has 2 atom stereocenters. The summed E-state index contributed by atoms with van der Waals surface area (Å²) in [6.45, 7) is 1.04. The first-order valence-electron chi connectivity index (χ1n) is 5.60. The molecule has 1 aliphatic heterocycles. The number of nitrogens with two attached hydrogens (primary N) is 1. The molecule has 0 saturated carbocycles. The second-order valence-electron chi connectivity index (χ2n) is 4.51. The van der Waals surface area contributed by atoms with Crippen molar-refractivity contribution in [3.63, 3.8) is 0 Å². The zero-order valence-electron chi connectivity index (χ0n) is 9.93. The minimum atomic E-state index is -4.86. The second kappa shape index (κ2) is 5.13. The van der Waals surface area contributed by atoms with Crippen LogP contribution in [-0.4, -0.2) is 36.1 Å². The van der Waals surface area contributed by atoms with E-state index in [0.29, 0.717) is 26.3 Å². The molecule has 18 heavy (non-hydrogen) atoms. The van der Waals surface area contributed by atoms with Crippen molar-refractivity contribution in [1.29, 1.82) is 0 Å². The van der Waals surface area contributed by atoms with E-state index in [-0.39, 0.29) is 0 Å². The number of hydrogen-bond donors (Lipinski definition) is 3. The first-order chi connectivity index (χ1) is 8.16. The number of amides is 2. The van der Waals surface area contributed by atoms with Crippen LogP contribution in [0.5, 0.6) is 0 Å². The standard InChI is InChI=1S/C10H16F3N3O2/c1-9(14,10(11,12)13)8(18)16-6-4-2-3-5-15-7(6)17/h6H,2-5,14H2,1H3,(H,15,17)(H,16,18). The number of alkyl halides is 3. The number of halogens is 3. The zero-order valence-corrected chi connectivity index (χ0v) is 9.93. The molecule has 0 aromatic carbocycles. The summed E-state index contributed by atoms with van der Waals surface area (Å²) in [6, 6.07) is -0.953. The molecule has 0 aromatic rings. The highest BCUT2D eigenvalue weighted by molar-refractivity contribution is 5.92. The molecule has 104 valence electrons. The highest BCUT2D eigenvalue weighted by atomic mass is 19.4. The minimum absolute atomic E-state index is 0.311. The molecule has 1 heterocycles. The Hall–Kier alpha value is -1.31. The van der Waals surface area contributed by atoms with Gasteiger partial charge in [-0.15, -0.1) is 0 Å². The monoisotopic (exact) mass is 267 g/mol. The van der Waals surface area contributed by atoms with E-state index in [0.717, 1.165) is 6.42 Å². The topological polar surface area (TPSA) is 84.2 Å². The van der Waals surface area contributed by atoms with Crippen LogP contribution in [0.3, 0.4) is 0 Å². The maximum absolute atomic E-state index is 12.5. The Kier molecular flexibility index (Phi) is 4.20.